The number of carbonyl (C=O) groups excluding carboxylic acids is 1. The Morgan fingerprint density at radius 2 is 2.00 bits per heavy atom. The van der Waals surface area contributed by atoms with Gasteiger partial charge in [-0.1, -0.05) is 11.6 Å². The van der Waals surface area contributed by atoms with Gasteiger partial charge in [0.1, 0.15) is 24.5 Å². The molecule has 0 aliphatic carbocycles. The molecule has 0 aliphatic heterocycles. The molecule has 3 rings (SSSR count). The van der Waals surface area contributed by atoms with Gasteiger partial charge in [-0.2, -0.15) is 13.2 Å². The van der Waals surface area contributed by atoms with E-state index in [0.717, 1.165) is 6.07 Å². The van der Waals surface area contributed by atoms with Crippen LogP contribution in [-0.2, 0) is 11.0 Å². The molecule has 0 bridgehead atoms. The molecule has 2 aromatic carbocycles. The molecule has 11 heteroatoms. The lowest BCUT2D eigenvalue weighted by Gasteiger charge is -2.16. The molecule has 0 aliphatic rings. The van der Waals surface area contributed by atoms with Gasteiger partial charge in [-0.3, -0.25) is 4.79 Å². The molecule has 7 nitrogen and oxygen atoms in total. The SMILES string of the molecule is CC(=O)NCCOc1cc2ncnc(Nc3ccc(Cl)cc3C(F)(F)F)c2cc1N. The summed E-state index contributed by atoms with van der Waals surface area (Å²) in [6, 6.07) is 6.47. The minimum absolute atomic E-state index is 0.0364. The van der Waals surface area contributed by atoms with Crippen molar-refractivity contribution in [3.05, 3.63) is 47.2 Å². The van der Waals surface area contributed by atoms with Crippen molar-refractivity contribution >= 4 is 45.6 Å². The molecule has 0 saturated carbocycles. The third kappa shape index (κ3) is 5.01. The van der Waals surface area contributed by atoms with Crippen LogP contribution in [0.2, 0.25) is 5.02 Å². The lowest BCUT2D eigenvalue weighted by atomic mass is 10.1. The number of hydrogen-bond donors (Lipinski definition) is 3. The number of aromatic nitrogens is 2. The molecule has 158 valence electrons. The summed E-state index contributed by atoms with van der Waals surface area (Å²) in [6.45, 7) is 1.87. The maximum absolute atomic E-state index is 13.4. The number of amides is 1. The van der Waals surface area contributed by atoms with Crippen molar-refractivity contribution in [1.82, 2.24) is 15.3 Å². The Labute approximate surface area is 174 Å². The molecule has 0 unspecified atom stereocenters. The number of rotatable bonds is 6. The minimum atomic E-state index is -4.61. The largest absolute Gasteiger partial charge is 0.490 e. The number of nitrogens with zero attached hydrogens (tertiary/aromatic N) is 2. The molecule has 3 aromatic rings. The Bertz CT molecular complexity index is 1090. The highest BCUT2D eigenvalue weighted by atomic mass is 35.5. The lowest BCUT2D eigenvalue weighted by Crippen LogP contribution is -2.25. The molecule has 1 amide bonds. The van der Waals surface area contributed by atoms with Crippen molar-refractivity contribution in [3.8, 4) is 5.75 Å². The molecule has 0 fully saturated rings. The second kappa shape index (κ2) is 8.62. The monoisotopic (exact) mass is 439 g/mol. The van der Waals surface area contributed by atoms with Gasteiger partial charge in [-0.15, -0.1) is 0 Å². The van der Waals surface area contributed by atoms with Crippen LogP contribution in [0.1, 0.15) is 12.5 Å². The van der Waals surface area contributed by atoms with E-state index in [9.17, 15) is 18.0 Å². The number of benzene rings is 2. The van der Waals surface area contributed by atoms with Crippen molar-refractivity contribution in [2.75, 3.05) is 24.2 Å². The quantitative estimate of drug-likeness (QED) is 0.394. The van der Waals surface area contributed by atoms with Crippen LogP contribution in [-0.4, -0.2) is 29.0 Å². The third-order valence-corrected chi connectivity index (χ3v) is 4.28. The highest BCUT2D eigenvalue weighted by Crippen LogP contribution is 2.38. The molecule has 4 N–H and O–H groups in total. The van der Waals surface area contributed by atoms with Crippen LogP contribution in [0.4, 0.5) is 30.4 Å². The molecule has 0 saturated heterocycles. The van der Waals surface area contributed by atoms with Crippen LogP contribution >= 0.6 is 11.6 Å². The van der Waals surface area contributed by atoms with E-state index in [1.807, 2.05) is 0 Å². The second-order valence-electron chi connectivity index (χ2n) is 6.27. The molecular formula is C19H17ClF3N5O2. The van der Waals surface area contributed by atoms with Gasteiger partial charge in [0.05, 0.1) is 29.0 Å². The van der Waals surface area contributed by atoms with Gasteiger partial charge in [0.2, 0.25) is 5.91 Å². The van der Waals surface area contributed by atoms with Gasteiger partial charge in [-0.05, 0) is 24.3 Å². The fraction of sp³-hybridized carbons (Fsp3) is 0.211. The number of alkyl halides is 3. The van der Waals surface area contributed by atoms with Gasteiger partial charge in [0, 0.05) is 23.4 Å². The maximum Gasteiger partial charge on any atom is 0.418 e. The fourth-order valence-electron chi connectivity index (χ4n) is 2.70. The topological polar surface area (TPSA) is 102 Å². The molecule has 0 atom stereocenters. The number of fused-ring (bicyclic) bond motifs is 1. The highest BCUT2D eigenvalue weighted by Gasteiger charge is 2.34. The molecule has 30 heavy (non-hydrogen) atoms. The van der Waals surface area contributed by atoms with Crippen LogP contribution in [0.5, 0.6) is 5.75 Å². The summed E-state index contributed by atoms with van der Waals surface area (Å²) < 4.78 is 45.6. The summed E-state index contributed by atoms with van der Waals surface area (Å²) in [4.78, 5) is 19.1. The molecule has 0 radical (unpaired) electrons. The van der Waals surface area contributed by atoms with Gasteiger partial charge >= 0.3 is 6.18 Å². The number of ether oxygens (including phenoxy) is 1. The van der Waals surface area contributed by atoms with E-state index in [1.54, 1.807) is 6.07 Å². The van der Waals surface area contributed by atoms with Crippen LogP contribution < -0.4 is 21.1 Å². The first-order valence-corrected chi connectivity index (χ1v) is 9.08. The summed E-state index contributed by atoms with van der Waals surface area (Å²) in [7, 11) is 0. The predicted molar refractivity (Wildman–Crippen MR) is 108 cm³/mol. The predicted octanol–water partition coefficient (Wildman–Crippen LogP) is 4.14. The van der Waals surface area contributed by atoms with Crippen molar-refractivity contribution in [1.29, 1.82) is 0 Å². The number of hydrogen-bond acceptors (Lipinski definition) is 6. The average Bonchev–Trinajstić information content (AvgIpc) is 2.66. The maximum atomic E-state index is 13.4. The summed E-state index contributed by atoms with van der Waals surface area (Å²) in [5, 5.41) is 5.65. The zero-order valence-electron chi connectivity index (χ0n) is 15.7. The first-order chi connectivity index (χ1) is 14.1. The zero-order chi connectivity index (χ0) is 21.9. The number of carbonyl (C=O) groups is 1. The molecule has 1 heterocycles. The summed E-state index contributed by atoms with van der Waals surface area (Å²) >= 11 is 5.72. The molecular weight excluding hydrogens is 423 g/mol. The van der Waals surface area contributed by atoms with E-state index in [-0.39, 0.29) is 34.7 Å². The van der Waals surface area contributed by atoms with E-state index in [2.05, 4.69) is 20.6 Å². The fourth-order valence-corrected chi connectivity index (χ4v) is 2.87. The lowest BCUT2D eigenvalue weighted by molar-refractivity contribution is -0.137. The Kier molecular flexibility index (Phi) is 6.16. The normalized spacial score (nSPS) is 11.4. The number of halogens is 4. The highest BCUT2D eigenvalue weighted by molar-refractivity contribution is 6.30. The zero-order valence-corrected chi connectivity index (χ0v) is 16.4. The van der Waals surface area contributed by atoms with Gasteiger partial charge in [0.25, 0.3) is 0 Å². The van der Waals surface area contributed by atoms with E-state index in [0.29, 0.717) is 23.2 Å². The summed E-state index contributed by atoms with van der Waals surface area (Å²) in [5.74, 6) is 0.290. The molecule has 0 spiro atoms. The van der Waals surface area contributed by atoms with Crippen molar-refractivity contribution in [2.24, 2.45) is 0 Å². The Morgan fingerprint density at radius 3 is 2.70 bits per heavy atom. The van der Waals surface area contributed by atoms with E-state index >= 15 is 0 Å². The number of nitrogens with one attached hydrogen (secondary N) is 2. The van der Waals surface area contributed by atoms with Crippen LogP contribution in [0.3, 0.4) is 0 Å². The third-order valence-electron chi connectivity index (χ3n) is 4.04. The van der Waals surface area contributed by atoms with Crippen LogP contribution in [0.25, 0.3) is 10.9 Å². The van der Waals surface area contributed by atoms with E-state index in [4.69, 9.17) is 22.1 Å². The average molecular weight is 440 g/mol. The van der Waals surface area contributed by atoms with E-state index in [1.165, 1.54) is 31.5 Å². The summed E-state index contributed by atoms with van der Waals surface area (Å²) in [5.41, 5.74) is 5.55. The van der Waals surface area contributed by atoms with Gasteiger partial charge in [0.15, 0.2) is 0 Å². The number of nitrogen functional groups attached to an aromatic ring is 1. The second-order valence-corrected chi connectivity index (χ2v) is 6.71. The first-order valence-electron chi connectivity index (χ1n) is 8.70. The number of nitrogens with two attached hydrogens (primary N) is 1. The van der Waals surface area contributed by atoms with Gasteiger partial charge < -0.3 is 21.1 Å². The standard InChI is InChI=1S/C19H17ClF3N5O2/c1-10(29)25-4-5-30-17-8-16-12(7-14(17)24)18(27-9-26-16)28-15-3-2-11(20)6-13(15)19(21,22)23/h2-3,6-9H,4-5,24H2,1H3,(H,25,29)(H,26,27,28). The first kappa shape index (κ1) is 21.4. The smallest absolute Gasteiger partial charge is 0.418 e. The Hall–Kier alpha value is -3.27. The van der Waals surface area contributed by atoms with Crippen LogP contribution in [0.15, 0.2) is 36.7 Å². The van der Waals surface area contributed by atoms with Crippen molar-refractivity contribution in [3.63, 3.8) is 0 Å². The Balaban J connectivity index is 1.92. The van der Waals surface area contributed by atoms with Crippen molar-refractivity contribution in [2.45, 2.75) is 13.1 Å². The Morgan fingerprint density at radius 1 is 1.23 bits per heavy atom. The van der Waals surface area contributed by atoms with Gasteiger partial charge in [-0.25, -0.2) is 9.97 Å². The molecule has 1 aromatic heterocycles. The van der Waals surface area contributed by atoms with Crippen LogP contribution in [0, 0.1) is 0 Å². The minimum Gasteiger partial charge on any atom is -0.490 e. The summed E-state index contributed by atoms with van der Waals surface area (Å²) in [6.07, 6.45) is -3.39. The number of anilines is 3. The van der Waals surface area contributed by atoms with E-state index < -0.39 is 11.7 Å². The van der Waals surface area contributed by atoms with Crippen molar-refractivity contribution < 1.29 is 22.7 Å².